The lowest BCUT2D eigenvalue weighted by molar-refractivity contribution is 0.466. The molecular weight excluding hydrogens is 184 g/mol. The van der Waals surface area contributed by atoms with E-state index in [1.165, 1.54) is 11.5 Å². The first-order valence-electron chi connectivity index (χ1n) is 4.66. The van der Waals surface area contributed by atoms with Crippen LogP contribution in [-0.4, -0.2) is 35.0 Å². The zero-order valence-electron chi connectivity index (χ0n) is 7.73. The van der Waals surface area contributed by atoms with Gasteiger partial charge in [-0.05, 0) is 6.42 Å². The number of nitrogens with one attached hydrogen (secondary N) is 1. The molecule has 0 saturated carbocycles. The molecule has 1 unspecified atom stereocenters. The summed E-state index contributed by atoms with van der Waals surface area (Å²) in [4.78, 5) is 6.60. The molecule has 1 saturated heterocycles. The zero-order valence-corrected chi connectivity index (χ0v) is 8.55. The van der Waals surface area contributed by atoms with Gasteiger partial charge in [0.15, 0.2) is 0 Å². The van der Waals surface area contributed by atoms with Gasteiger partial charge in [0.2, 0.25) is 5.13 Å². The second kappa shape index (κ2) is 4.02. The Labute approximate surface area is 82.1 Å². The molecule has 0 bridgehead atoms. The third-order valence-electron chi connectivity index (χ3n) is 2.42. The molecule has 13 heavy (non-hydrogen) atoms. The minimum absolute atomic E-state index is 0.585. The van der Waals surface area contributed by atoms with Gasteiger partial charge in [-0.2, -0.15) is 4.37 Å². The Morgan fingerprint density at radius 1 is 1.77 bits per heavy atom. The second-order valence-electron chi connectivity index (χ2n) is 3.18. The summed E-state index contributed by atoms with van der Waals surface area (Å²) in [6.07, 6.45) is 2.79. The van der Waals surface area contributed by atoms with Crippen LogP contribution in [0.3, 0.4) is 0 Å². The van der Waals surface area contributed by atoms with E-state index in [0.717, 1.165) is 31.2 Å². The molecule has 1 aromatic heterocycles. The van der Waals surface area contributed by atoms with E-state index in [-0.39, 0.29) is 0 Å². The van der Waals surface area contributed by atoms with Crippen molar-refractivity contribution in [3.05, 3.63) is 6.33 Å². The molecule has 2 rings (SSSR count). The molecule has 0 amide bonds. The van der Waals surface area contributed by atoms with Crippen LogP contribution in [0.1, 0.15) is 13.3 Å². The van der Waals surface area contributed by atoms with Crippen molar-refractivity contribution in [3.8, 4) is 0 Å². The molecule has 1 fully saturated rings. The Bertz CT molecular complexity index is 249. The standard InChI is InChI=1S/C8H14N4S/c1-2-7-5-9-3-4-12(7)8-10-6-11-13-8/h6-7,9H,2-5H2,1H3. The van der Waals surface area contributed by atoms with Crippen molar-refractivity contribution in [2.45, 2.75) is 19.4 Å². The normalized spacial score (nSPS) is 23.5. The summed E-state index contributed by atoms with van der Waals surface area (Å²) < 4.78 is 4.03. The Balaban J connectivity index is 2.11. The predicted molar refractivity (Wildman–Crippen MR) is 54.2 cm³/mol. The first kappa shape index (κ1) is 8.90. The molecule has 0 aliphatic carbocycles. The van der Waals surface area contributed by atoms with Crippen LogP contribution in [0.4, 0.5) is 5.13 Å². The van der Waals surface area contributed by atoms with Crippen LogP contribution in [0, 0.1) is 0 Å². The summed E-state index contributed by atoms with van der Waals surface area (Å²) in [7, 11) is 0. The van der Waals surface area contributed by atoms with Crippen molar-refractivity contribution in [2.24, 2.45) is 0 Å². The highest BCUT2D eigenvalue weighted by Gasteiger charge is 2.22. The minimum Gasteiger partial charge on any atom is -0.341 e. The average Bonchev–Trinajstić information content (AvgIpc) is 2.70. The van der Waals surface area contributed by atoms with Gasteiger partial charge in [-0.15, -0.1) is 0 Å². The smallest absolute Gasteiger partial charge is 0.205 e. The maximum atomic E-state index is 4.24. The number of anilines is 1. The lowest BCUT2D eigenvalue weighted by atomic mass is 10.1. The summed E-state index contributed by atoms with van der Waals surface area (Å²) in [5, 5.41) is 4.46. The highest BCUT2D eigenvalue weighted by Crippen LogP contribution is 2.19. The molecule has 0 spiro atoms. The van der Waals surface area contributed by atoms with Crippen molar-refractivity contribution >= 4 is 16.7 Å². The molecule has 1 aromatic rings. The molecule has 72 valence electrons. The van der Waals surface area contributed by atoms with E-state index < -0.39 is 0 Å². The van der Waals surface area contributed by atoms with Crippen LogP contribution in [0.2, 0.25) is 0 Å². The van der Waals surface area contributed by atoms with Gasteiger partial charge in [-0.25, -0.2) is 4.98 Å². The number of aromatic nitrogens is 2. The molecular formula is C8H14N4S. The SMILES string of the molecule is CCC1CNCCN1c1ncns1. The van der Waals surface area contributed by atoms with Gasteiger partial charge in [0, 0.05) is 37.2 Å². The van der Waals surface area contributed by atoms with Crippen LogP contribution in [0.25, 0.3) is 0 Å². The first-order chi connectivity index (χ1) is 6.42. The maximum Gasteiger partial charge on any atom is 0.205 e. The van der Waals surface area contributed by atoms with Gasteiger partial charge in [0.25, 0.3) is 0 Å². The fourth-order valence-corrected chi connectivity index (χ4v) is 2.30. The summed E-state index contributed by atoms with van der Waals surface area (Å²) in [5.74, 6) is 0. The third-order valence-corrected chi connectivity index (χ3v) is 3.12. The lowest BCUT2D eigenvalue weighted by Crippen LogP contribution is -2.51. The highest BCUT2D eigenvalue weighted by molar-refractivity contribution is 7.09. The number of nitrogens with zero attached hydrogens (tertiary/aromatic N) is 3. The number of hydrogen-bond donors (Lipinski definition) is 1. The fourth-order valence-electron chi connectivity index (χ4n) is 1.67. The summed E-state index contributed by atoms with van der Waals surface area (Å²) in [5.41, 5.74) is 0. The molecule has 2 heterocycles. The van der Waals surface area contributed by atoms with Crippen LogP contribution < -0.4 is 10.2 Å². The van der Waals surface area contributed by atoms with Gasteiger partial charge in [-0.1, -0.05) is 6.92 Å². The van der Waals surface area contributed by atoms with E-state index in [1.807, 2.05) is 0 Å². The van der Waals surface area contributed by atoms with Crippen LogP contribution in [-0.2, 0) is 0 Å². The van der Waals surface area contributed by atoms with E-state index in [2.05, 4.69) is 26.5 Å². The average molecular weight is 198 g/mol. The van der Waals surface area contributed by atoms with E-state index in [0.29, 0.717) is 6.04 Å². The Hall–Kier alpha value is -0.680. The zero-order chi connectivity index (χ0) is 9.10. The monoisotopic (exact) mass is 198 g/mol. The van der Waals surface area contributed by atoms with Gasteiger partial charge < -0.3 is 10.2 Å². The van der Waals surface area contributed by atoms with E-state index in [1.54, 1.807) is 6.33 Å². The molecule has 1 atom stereocenters. The largest absolute Gasteiger partial charge is 0.341 e. The predicted octanol–water partition coefficient (Wildman–Crippen LogP) is 0.726. The number of piperazine rings is 1. The first-order valence-corrected chi connectivity index (χ1v) is 5.43. The Kier molecular flexibility index (Phi) is 2.75. The van der Waals surface area contributed by atoms with Crippen LogP contribution in [0.5, 0.6) is 0 Å². The minimum atomic E-state index is 0.585. The molecule has 1 N–H and O–H groups in total. The topological polar surface area (TPSA) is 41.0 Å². The molecule has 0 aromatic carbocycles. The fraction of sp³-hybridized carbons (Fsp3) is 0.750. The molecule has 1 aliphatic heterocycles. The van der Waals surface area contributed by atoms with Gasteiger partial charge in [-0.3, -0.25) is 0 Å². The molecule has 1 aliphatic rings. The lowest BCUT2D eigenvalue weighted by Gasteiger charge is -2.35. The number of rotatable bonds is 2. The van der Waals surface area contributed by atoms with Gasteiger partial charge >= 0.3 is 0 Å². The van der Waals surface area contributed by atoms with Gasteiger partial charge in [0.1, 0.15) is 6.33 Å². The molecule has 0 radical (unpaired) electrons. The summed E-state index contributed by atoms with van der Waals surface area (Å²) in [6, 6.07) is 0.585. The summed E-state index contributed by atoms with van der Waals surface area (Å²) in [6.45, 7) is 5.38. The van der Waals surface area contributed by atoms with Crippen LogP contribution in [0.15, 0.2) is 6.33 Å². The molecule has 4 nitrogen and oxygen atoms in total. The van der Waals surface area contributed by atoms with Crippen molar-refractivity contribution in [3.63, 3.8) is 0 Å². The van der Waals surface area contributed by atoms with Crippen molar-refractivity contribution in [1.29, 1.82) is 0 Å². The molecule has 5 heteroatoms. The maximum absolute atomic E-state index is 4.24. The second-order valence-corrected chi connectivity index (χ2v) is 3.94. The highest BCUT2D eigenvalue weighted by atomic mass is 32.1. The van der Waals surface area contributed by atoms with Gasteiger partial charge in [0.05, 0.1) is 0 Å². The van der Waals surface area contributed by atoms with Crippen molar-refractivity contribution in [1.82, 2.24) is 14.7 Å². The quantitative estimate of drug-likeness (QED) is 0.760. The van der Waals surface area contributed by atoms with E-state index in [9.17, 15) is 0 Å². The van der Waals surface area contributed by atoms with E-state index >= 15 is 0 Å². The Morgan fingerprint density at radius 2 is 2.69 bits per heavy atom. The summed E-state index contributed by atoms with van der Waals surface area (Å²) >= 11 is 1.49. The van der Waals surface area contributed by atoms with Crippen molar-refractivity contribution < 1.29 is 0 Å². The Morgan fingerprint density at radius 3 is 3.38 bits per heavy atom. The van der Waals surface area contributed by atoms with Crippen LogP contribution >= 0.6 is 11.5 Å². The van der Waals surface area contributed by atoms with E-state index in [4.69, 9.17) is 0 Å². The number of hydrogen-bond acceptors (Lipinski definition) is 5. The third kappa shape index (κ3) is 1.81. The van der Waals surface area contributed by atoms with Crippen molar-refractivity contribution in [2.75, 3.05) is 24.5 Å².